The standard InChI is InChI=1S/C22H25FN2O4/c23-16-9-11-17(12-10-16)28-14-4-8-21(26)25-20-7-2-1-6-19(20)22(27)24-15-18-5-3-13-29-18/h1-2,6-7,9-12,18H,3-5,8,13-15H2,(H,24,27)(H,25,26). The third-order valence-corrected chi connectivity index (χ3v) is 4.59. The van der Waals surface area contributed by atoms with Gasteiger partial charge in [-0.3, -0.25) is 9.59 Å². The van der Waals surface area contributed by atoms with Gasteiger partial charge >= 0.3 is 0 Å². The van der Waals surface area contributed by atoms with E-state index < -0.39 is 0 Å². The number of rotatable bonds is 9. The summed E-state index contributed by atoms with van der Waals surface area (Å²) < 4.78 is 23.9. The number of nitrogens with one attached hydrogen (secondary N) is 2. The van der Waals surface area contributed by atoms with Gasteiger partial charge in [-0.1, -0.05) is 12.1 Å². The van der Waals surface area contributed by atoms with Crippen molar-refractivity contribution in [3.05, 3.63) is 59.9 Å². The van der Waals surface area contributed by atoms with Crippen LogP contribution >= 0.6 is 0 Å². The van der Waals surface area contributed by atoms with Gasteiger partial charge < -0.3 is 20.1 Å². The van der Waals surface area contributed by atoms with E-state index in [1.807, 2.05) is 0 Å². The number of amides is 2. The Morgan fingerprint density at radius 3 is 2.69 bits per heavy atom. The number of carbonyl (C=O) groups is 2. The summed E-state index contributed by atoms with van der Waals surface area (Å²) in [7, 11) is 0. The minimum atomic E-state index is -0.324. The third-order valence-electron chi connectivity index (χ3n) is 4.59. The van der Waals surface area contributed by atoms with Crippen LogP contribution in [0.5, 0.6) is 5.75 Å². The molecule has 0 saturated carbocycles. The van der Waals surface area contributed by atoms with Gasteiger partial charge in [0.25, 0.3) is 5.91 Å². The second-order valence-corrected chi connectivity index (χ2v) is 6.84. The van der Waals surface area contributed by atoms with E-state index in [0.717, 1.165) is 19.4 Å². The highest BCUT2D eigenvalue weighted by Gasteiger charge is 2.18. The van der Waals surface area contributed by atoms with E-state index in [2.05, 4.69) is 10.6 Å². The molecule has 1 heterocycles. The molecule has 1 unspecified atom stereocenters. The summed E-state index contributed by atoms with van der Waals surface area (Å²) in [5.41, 5.74) is 0.892. The molecule has 1 aliphatic rings. The molecule has 1 fully saturated rings. The Bertz CT molecular complexity index is 820. The normalized spacial score (nSPS) is 15.7. The third kappa shape index (κ3) is 6.57. The van der Waals surface area contributed by atoms with Crippen LogP contribution in [0, 0.1) is 5.82 Å². The summed E-state index contributed by atoms with van der Waals surface area (Å²) in [5.74, 6) is -0.210. The second-order valence-electron chi connectivity index (χ2n) is 6.84. The van der Waals surface area contributed by atoms with Crippen LogP contribution in [-0.2, 0) is 9.53 Å². The molecule has 29 heavy (non-hydrogen) atoms. The fraction of sp³-hybridized carbons (Fsp3) is 0.364. The number of benzene rings is 2. The van der Waals surface area contributed by atoms with Crippen LogP contribution in [0.4, 0.5) is 10.1 Å². The molecule has 1 aliphatic heterocycles. The van der Waals surface area contributed by atoms with Gasteiger partial charge in [0.2, 0.25) is 5.91 Å². The van der Waals surface area contributed by atoms with Gasteiger partial charge in [0.15, 0.2) is 0 Å². The Hall–Kier alpha value is -2.93. The van der Waals surface area contributed by atoms with Crippen molar-refractivity contribution in [2.45, 2.75) is 31.8 Å². The van der Waals surface area contributed by atoms with Gasteiger partial charge in [-0.05, 0) is 55.7 Å². The lowest BCUT2D eigenvalue weighted by atomic mass is 10.1. The molecule has 0 aromatic heterocycles. The van der Waals surface area contributed by atoms with E-state index in [1.54, 1.807) is 36.4 Å². The van der Waals surface area contributed by atoms with Crippen molar-refractivity contribution in [1.82, 2.24) is 5.32 Å². The van der Waals surface area contributed by atoms with Crippen LogP contribution in [0.1, 0.15) is 36.0 Å². The maximum Gasteiger partial charge on any atom is 0.253 e. The highest BCUT2D eigenvalue weighted by atomic mass is 19.1. The fourth-order valence-electron chi connectivity index (χ4n) is 3.06. The maximum atomic E-state index is 12.9. The van der Waals surface area contributed by atoms with Crippen LogP contribution < -0.4 is 15.4 Å². The Morgan fingerprint density at radius 1 is 1.14 bits per heavy atom. The zero-order valence-corrected chi connectivity index (χ0v) is 16.2. The molecule has 154 valence electrons. The van der Waals surface area contributed by atoms with Crippen LogP contribution in [0.3, 0.4) is 0 Å². The molecule has 1 atom stereocenters. The van der Waals surface area contributed by atoms with Crippen LogP contribution in [-0.4, -0.2) is 37.7 Å². The Kier molecular flexibility index (Phi) is 7.58. The lowest BCUT2D eigenvalue weighted by Gasteiger charge is -2.14. The number of ether oxygens (including phenoxy) is 2. The zero-order valence-electron chi connectivity index (χ0n) is 16.2. The summed E-state index contributed by atoms with van der Waals surface area (Å²) in [5, 5.41) is 5.66. The van der Waals surface area contributed by atoms with Crippen molar-refractivity contribution < 1.29 is 23.5 Å². The SMILES string of the molecule is O=C(CCCOc1ccc(F)cc1)Nc1ccccc1C(=O)NCC1CCCO1. The van der Waals surface area contributed by atoms with E-state index >= 15 is 0 Å². The second kappa shape index (κ2) is 10.6. The van der Waals surface area contributed by atoms with Crippen molar-refractivity contribution in [1.29, 1.82) is 0 Å². The fourth-order valence-corrected chi connectivity index (χ4v) is 3.06. The van der Waals surface area contributed by atoms with Crippen LogP contribution in [0.25, 0.3) is 0 Å². The number of hydrogen-bond donors (Lipinski definition) is 2. The van der Waals surface area contributed by atoms with Crippen molar-refractivity contribution in [2.75, 3.05) is 25.1 Å². The predicted octanol–water partition coefficient (Wildman–Crippen LogP) is 3.53. The lowest BCUT2D eigenvalue weighted by Crippen LogP contribution is -2.32. The molecule has 2 amide bonds. The van der Waals surface area contributed by atoms with E-state index in [1.165, 1.54) is 12.1 Å². The minimum absolute atomic E-state index is 0.0572. The Balaban J connectivity index is 1.44. The van der Waals surface area contributed by atoms with Crippen molar-refractivity contribution >= 4 is 17.5 Å². The molecule has 0 spiro atoms. The van der Waals surface area contributed by atoms with E-state index in [4.69, 9.17) is 9.47 Å². The lowest BCUT2D eigenvalue weighted by molar-refractivity contribution is -0.116. The molecule has 2 aromatic carbocycles. The minimum Gasteiger partial charge on any atom is -0.494 e. The first-order valence-electron chi connectivity index (χ1n) is 9.79. The largest absolute Gasteiger partial charge is 0.494 e. The number of anilines is 1. The molecule has 2 N–H and O–H groups in total. The number of hydrogen-bond acceptors (Lipinski definition) is 4. The Labute approximate surface area is 169 Å². The van der Waals surface area contributed by atoms with E-state index in [9.17, 15) is 14.0 Å². The molecule has 1 saturated heterocycles. The van der Waals surface area contributed by atoms with E-state index in [-0.39, 0.29) is 30.2 Å². The molecule has 0 bridgehead atoms. The first kappa shape index (κ1) is 20.8. The van der Waals surface area contributed by atoms with Crippen molar-refractivity contribution in [3.8, 4) is 5.75 Å². The van der Waals surface area contributed by atoms with Crippen LogP contribution in [0.2, 0.25) is 0 Å². The zero-order chi connectivity index (χ0) is 20.5. The van der Waals surface area contributed by atoms with Crippen LogP contribution in [0.15, 0.2) is 48.5 Å². The molecular weight excluding hydrogens is 375 g/mol. The highest BCUT2D eigenvalue weighted by Crippen LogP contribution is 2.17. The Morgan fingerprint density at radius 2 is 1.93 bits per heavy atom. The molecular formula is C22H25FN2O4. The first-order valence-corrected chi connectivity index (χ1v) is 9.79. The van der Waals surface area contributed by atoms with Gasteiger partial charge in [-0.15, -0.1) is 0 Å². The molecule has 7 heteroatoms. The number of carbonyl (C=O) groups excluding carboxylic acids is 2. The summed E-state index contributed by atoms with van der Waals surface area (Å²) in [4.78, 5) is 24.7. The summed E-state index contributed by atoms with van der Waals surface area (Å²) in [6.45, 7) is 1.53. The maximum absolute atomic E-state index is 12.9. The van der Waals surface area contributed by atoms with Gasteiger partial charge in [-0.2, -0.15) is 0 Å². The molecule has 2 aromatic rings. The number of para-hydroxylation sites is 1. The summed E-state index contributed by atoms with van der Waals surface area (Å²) in [6, 6.07) is 12.6. The highest BCUT2D eigenvalue weighted by molar-refractivity contribution is 6.03. The van der Waals surface area contributed by atoms with Crippen molar-refractivity contribution in [3.63, 3.8) is 0 Å². The molecule has 6 nitrogen and oxygen atoms in total. The molecule has 3 rings (SSSR count). The predicted molar refractivity (Wildman–Crippen MR) is 108 cm³/mol. The first-order chi connectivity index (χ1) is 14.1. The van der Waals surface area contributed by atoms with Crippen molar-refractivity contribution in [2.24, 2.45) is 0 Å². The average molecular weight is 400 g/mol. The summed E-state index contributed by atoms with van der Waals surface area (Å²) in [6.07, 6.45) is 2.75. The van der Waals surface area contributed by atoms with Gasteiger partial charge in [0.1, 0.15) is 11.6 Å². The summed E-state index contributed by atoms with van der Waals surface area (Å²) >= 11 is 0. The topological polar surface area (TPSA) is 76.7 Å². The van der Waals surface area contributed by atoms with Gasteiger partial charge in [0.05, 0.1) is 24.0 Å². The van der Waals surface area contributed by atoms with Gasteiger partial charge in [0, 0.05) is 19.6 Å². The molecule has 0 aliphatic carbocycles. The van der Waals surface area contributed by atoms with Gasteiger partial charge in [-0.25, -0.2) is 4.39 Å². The average Bonchev–Trinajstić information content (AvgIpc) is 3.25. The van der Waals surface area contributed by atoms with E-state index in [0.29, 0.717) is 36.6 Å². The number of halogens is 1. The monoisotopic (exact) mass is 400 g/mol. The quantitative estimate of drug-likeness (QED) is 0.632. The molecule has 0 radical (unpaired) electrons. The smallest absolute Gasteiger partial charge is 0.253 e.